The van der Waals surface area contributed by atoms with E-state index in [2.05, 4.69) is 25.4 Å². The highest BCUT2D eigenvalue weighted by Gasteiger charge is 2.14. The molecule has 21 heavy (non-hydrogen) atoms. The van der Waals surface area contributed by atoms with E-state index in [1.807, 2.05) is 37.3 Å². The van der Waals surface area contributed by atoms with Crippen LogP contribution in [0.25, 0.3) is 10.6 Å². The maximum Gasteiger partial charge on any atom is 0.239 e. The van der Waals surface area contributed by atoms with Crippen LogP contribution >= 0.6 is 11.3 Å². The summed E-state index contributed by atoms with van der Waals surface area (Å²) >= 11 is 1.44. The van der Waals surface area contributed by atoms with Crippen molar-refractivity contribution in [2.75, 3.05) is 0 Å². The molecule has 3 aromatic rings. The Kier molecular flexibility index (Phi) is 4.16. The van der Waals surface area contributed by atoms with E-state index in [1.54, 1.807) is 0 Å². The van der Waals surface area contributed by atoms with Crippen LogP contribution in [0.5, 0.6) is 0 Å². The molecule has 6 nitrogen and oxygen atoms in total. The van der Waals surface area contributed by atoms with Crippen molar-refractivity contribution in [1.29, 1.82) is 0 Å². The molecule has 2 heterocycles. The van der Waals surface area contributed by atoms with Crippen LogP contribution in [-0.4, -0.2) is 29.6 Å². The van der Waals surface area contributed by atoms with Crippen LogP contribution in [0.1, 0.15) is 17.8 Å². The van der Waals surface area contributed by atoms with Gasteiger partial charge in [0.1, 0.15) is 15.8 Å². The molecule has 0 aliphatic carbocycles. The number of nitrogens with zero attached hydrogens (tertiary/aromatic N) is 4. The van der Waals surface area contributed by atoms with Crippen molar-refractivity contribution in [2.45, 2.75) is 24.3 Å². The van der Waals surface area contributed by atoms with E-state index in [0.717, 1.165) is 27.8 Å². The zero-order valence-electron chi connectivity index (χ0n) is 11.3. The van der Waals surface area contributed by atoms with Gasteiger partial charge in [0.2, 0.25) is 5.16 Å². The summed E-state index contributed by atoms with van der Waals surface area (Å²) in [5.41, 5.74) is 1.01. The predicted molar refractivity (Wildman–Crippen MR) is 81.2 cm³/mol. The van der Waals surface area contributed by atoms with Crippen LogP contribution in [0.2, 0.25) is 0 Å². The van der Waals surface area contributed by atoms with Gasteiger partial charge in [-0.15, -0.1) is 15.3 Å². The molecule has 108 valence electrons. The fraction of sp³-hybridized carbons (Fsp3) is 0.231. The number of hydrogen-bond acceptors (Lipinski definition) is 6. The first kappa shape index (κ1) is 14.0. The molecule has 0 unspecified atom stereocenters. The van der Waals surface area contributed by atoms with E-state index in [-0.39, 0.29) is 5.75 Å². The molecule has 1 N–H and O–H groups in total. The SMILES string of the molecule is CCc1nc([S@](=O)Cc2nnc(-c3ccccc3)s2)n[nH]1. The van der Waals surface area contributed by atoms with Crippen LogP contribution in [0.15, 0.2) is 35.5 Å². The molecule has 3 rings (SSSR count). The molecule has 1 aromatic carbocycles. The Hall–Kier alpha value is -1.93. The summed E-state index contributed by atoms with van der Waals surface area (Å²) in [4.78, 5) is 4.18. The zero-order valence-corrected chi connectivity index (χ0v) is 12.9. The molecule has 1 atom stereocenters. The minimum absolute atomic E-state index is 0.283. The molecule has 0 radical (unpaired) electrons. The Morgan fingerprint density at radius 1 is 1.24 bits per heavy atom. The van der Waals surface area contributed by atoms with Gasteiger partial charge in [-0.1, -0.05) is 48.6 Å². The summed E-state index contributed by atoms with van der Waals surface area (Å²) in [5.74, 6) is 1.02. The van der Waals surface area contributed by atoms with Crippen LogP contribution < -0.4 is 0 Å². The molecule has 8 heteroatoms. The van der Waals surface area contributed by atoms with Crippen LogP contribution in [0.4, 0.5) is 0 Å². The maximum absolute atomic E-state index is 12.2. The van der Waals surface area contributed by atoms with Crippen molar-refractivity contribution in [1.82, 2.24) is 25.4 Å². The molecule has 0 amide bonds. The molecule has 0 saturated heterocycles. The molecule has 0 aliphatic rings. The summed E-state index contributed by atoms with van der Waals surface area (Å²) in [6, 6.07) is 9.81. The minimum atomic E-state index is -1.30. The molecule has 0 fully saturated rings. The van der Waals surface area contributed by atoms with E-state index < -0.39 is 10.8 Å². The van der Waals surface area contributed by atoms with Gasteiger partial charge in [0, 0.05) is 12.0 Å². The van der Waals surface area contributed by atoms with Crippen molar-refractivity contribution in [3.05, 3.63) is 41.2 Å². The van der Waals surface area contributed by atoms with E-state index in [1.165, 1.54) is 11.3 Å². The number of H-pyrrole nitrogens is 1. The van der Waals surface area contributed by atoms with Crippen molar-refractivity contribution in [3.63, 3.8) is 0 Å². The lowest BCUT2D eigenvalue weighted by molar-refractivity contribution is 0.675. The number of nitrogens with one attached hydrogen (secondary N) is 1. The van der Waals surface area contributed by atoms with E-state index in [9.17, 15) is 4.21 Å². The van der Waals surface area contributed by atoms with Gasteiger partial charge in [0.15, 0.2) is 0 Å². The van der Waals surface area contributed by atoms with Crippen molar-refractivity contribution < 1.29 is 4.21 Å². The number of hydrogen-bond donors (Lipinski definition) is 1. The average molecular weight is 319 g/mol. The van der Waals surface area contributed by atoms with Crippen molar-refractivity contribution in [2.24, 2.45) is 0 Å². The summed E-state index contributed by atoms with van der Waals surface area (Å²) < 4.78 is 12.2. The van der Waals surface area contributed by atoms with Gasteiger partial charge in [0.05, 0.1) is 16.6 Å². The van der Waals surface area contributed by atoms with Gasteiger partial charge in [0.25, 0.3) is 0 Å². The maximum atomic E-state index is 12.2. The number of benzene rings is 1. The third-order valence-corrected chi connectivity index (χ3v) is 5.07. The van der Waals surface area contributed by atoms with E-state index in [4.69, 9.17) is 0 Å². The second kappa shape index (κ2) is 6.23. The monoisotopic (exact) mass is 319 g/mol. The first-order chi connectivity index (χ1) is 10.3. The Labute approximate surface area is 128 Å². The topological polar surface area (TPSA) is 84.4 Å². The molecular formula is C13H13N5OS2. The van der Waals surface area contributed by atoms with Crippen LogP contribution in [0, 0.1) is 0 Å². The minimum Gasteiger partial charge on any atom is -0.262 e. The van der Waals surface area contributed by atoms with Crippen molar-refractivity contribution >= 4 is 22.1 Å². The Balaban J connectivity index is 1.74. The molecule has 0 spiro atoms. The number of aromatic amines is 1. The summed E-state index contributed by atoms with van der Waals surface area (Å²) in [5, 5.41) is 16.8. The second-order valence-electron chi connectivity index (χ2n) is 4.28. The number of rotatable bonds is 5. The van der Waals surface area contributed by atoms with Crippen molar-refractivity contribution in [3.8, 4) is 10.6 Å². The zero-order chi connectivity index (χ0) is 14.7. The molecular weight excluding hydrogens is 306 g/mol. The molecule has 0 bridgehead atoms. The third kappa shape index (κ3) is 3.22. The fourth-order valence-electron chi connectivity index (χ4n) is 1.72. The second-order valence-corrected chi connectivity index (χ2v) is 6.68. The van der Waals surface area contributed by atoms with E-state index in [0.29, 0.717) is 5.16 Å². The predicted octanol–water partition coefficient (Wildman–Crippen LogP) is 2.19. The van der Waals surface area contributed by atoms with Gasteiger partial charge in [-0.25, -0.2) is 4.98 Å². The van der Waals surface area contributed by atoms with Gasteiger partial charge >= 0.3 is 0 Å². The molecule has 0 saturated carbocycles. The normalized spacial score (nSPS) is 12.4. The average Bonchev–Trinajstić information content (AvgIpc) is 3.17. The van der Waals surface area contributed by atoms with Crippen LogP contribution in [0.3, 0.4) is 0 Å². The smallest absolute Gasteiger partial charge is 0.239 e. The van der Waals surface area contributed by atoms with Gasteiger partial charge < -0.3 is 0 Å². The highest BCUT2D eigenvalue weighted by Crippen LogP contribution is 2.24. The van der Waals surface area contributed by atoms with Gasteiger partial charge in [-0.2, -0.15) is 0 Å². The lowest BCUT2D eigenvalue weighted by Crippen LogP contribution is -1.98. The van der Waals surface area contributed by atoms with Gasteiger partial charge in [-0.3, -0.25) is 9.31 Å². The van der Waals surface area contributed by atoms with E-state index >= 15 is 0 Å². The standard InChI is InChI=1S/C13H13N5OS2/c1-2-10-14-13(18-15-10)21(19)8-11-16-17-12(20-11)9-6-4-3-5-7-9/h3-7H,2,8H2,1H3,(H,14,15,18)/t21-/m1/s1. The summed E-state index contributed by atoms with van der Waals surface area (Å²) in [6.45, 7) is 1.96. The Morgan fingerprint density at radius 3 is 2.76 bits per heavy atom. The Morgan fingerprint density at radius 2 is 2.05 bits per heavy atom. The summed E-state index contributed by atoms with van der Waals surface area (Å²) in [7, 11) is -1.30. The number of aromatic nitrogens is 5. The Bertz CT molecular complexity index is 753. The summed E-state index contributed by atoms with van der Waals surface area (Å²) in [6.07, 6.45) is 0.737. The number of aryl methyl sites for hydroxylation is 1. The highest BCUT2D eigenvalue weighted by atomic mass is 32.2. The van der Waals surface area contributed by atoms with Gasteiger partial charge in [-0.05, 0) is 0 Å². The molecule has 0 aliphatic heterocycles. The first-order valence-electron chi connectivity index (χ1n) is 6.43. The first-order valence-corrected chi connectivity index (χ1v) is 8.57. The fourth-order valence-corrected chi connectivity index (χ4v) is 3.69. The highest BCUT2D eigenvalue weighted by molar-refractivity contribution is 7.84. The quantitative estimate of drug-likeness (QED) is 0.779. The molecule has 2 aromatic heterocycles. The lowest BCUT2D eigenvalue weighted by atomic mass is 10.2. The van der Waals surface area contributed by atoms with Crippen LogP contribution in [-0.2, 0) is 23.0 Å². The third-order valence-electron chi connectivity index (χ3n) is 2.79. The lowest BCUT2D eigenvalue weighted by Gasteiger charge is -1.93. The largest absolute Gasteiger partial charge is 0.262 e.